The summed E-state index contributed by atoms with van der Waals surface area (Å²) < 4.78 is 33.3. The molecular formula is C10H11NO6S. The van der Waals surface area contributed by atoms with E-state index in [-0.39, 0.29) is 28.9 Å². The van der Waals surface area contributed by atoms with Gasteiger partial charge in [-0.3, -0.25) is 14.3 Å². The van der Waals surface area contributed by atoms with E-state index in [9.17, 15) is 18.5 Å². The molecule has 1 unspecified atom stereocenters. The first-order valence-corrected chi connectivity index (χ1v) is 6.57. The first kappa shape index (κ1) is 12.9. The van der Waals surface area contributed by atoms with Crippen LogP contribution in [0.4, 0.5) is 5.69 Å². The average Bonchev–Trinajstić information content (AvgIpc) is 3.10. The van der Waals surface area contributed by atoms with Crippen LogP contribution in [0.5, 0.6) is 0 Å². The van der Waals surface area contributed by atoms with Gasteiger partial charge in [-0.15, -0.1) is 0 Å². The van der Waals surface area contributed by atoms with E-state index >= 15 is 0 Å². The number of rotatable bonds is 5. The van der Waals surface area contributed by atoms with Gasteiger partial charge >= 0.3 is 0 Å². The Balaban J connectivity index is 2.31. The van der Waals surface area contributed by atoms with Crippen molar-refractivity contribution >= 4 is 15.8 Å². The third kappa shape index (κ3) is 2.66. The van der Waals surface area contributed by atoms with Crippen molar-refractivity contribution in [1.82, 2.24) is 0 Å². The summed E-state index contributed by atoms with van der Waals surface area (Å²) in [5, 5.41) is 10.7. The highest BCUT2D eigenvalue weighted by molar-refractivity contribution is 7.86. The lowest BCUT2D eigenvalue weighted by molar-refractivity contribution is -0.385. The van der Waals surface area contributed by atoms with Crippen molar-refractivity contribution in [2.24, 2.45) is 0 Å². The second-order valence-corrected chi connectivity index (χ2v) is 5.44. The number of epoxide rings is 1. The molecule has 1 aromatic rings. The van der Waals surface area contributed by atoms with Crippen LogP contribution in [0.25, 0.3) is 0 Å². The fourth-order valence-corrected chi connectivity index (χ4v) is 2.65. The van der Waals surface area contributed by atoms with Crippen LogP contribution in [-0.4, -0.2) is 32.7 Å². The van der Waals surface area contributed by atoms with Crippen molar-refractivity contribution in [2.75, 3.05) is 13.2 Å². The number of hydrogen-bond donors (Lipinski definition) is 0. The van der Waals surface area contributed by atoms with Gasteiger partial charge in [-0.05, 0) is 13.0 Å². The van der Waals surface area contributed by atoms with Gasteiger partial charge in [0.05, 0.1) is 18.1 Å². The molecule has 1 fully saturated rings. The number of nitro benzene ring substituents is 1. The molecule has 0 N–H and O–H groups in total. The van der Waals surface area contributed by atoms with Crippen LogP contribution in [0, 0.1) is 17.0 Å². The average molecular weight is 273 g/mol. The SMILES string of the molecule is Cc1c([N+](=O)[O-])cccc1S(=O)(=O)OCC1CO1. The van der Waals surface area contributed by atoms with E-state index in [2.05, 4.69) is 0 Å². The van der Waals surface area contributed by atoms with E-state index in [1.54, 1.807) is 0 Å². The van der Waals surface area contributed by atoms with E-state index in [4.69, 9.17) is 8.92 Å². The highest BCUT2D eigenvalue weighted by Crippen LogP contribution is 2.26. The van der Waals surface area contributed by atoms with Gasteiger partial charge in [0.25, 0.3) is 15.8 Å². The Kier molecular flexibility index (Phi) is 3.33. The number of nitro groups is 1. The highest BCUT2D eigenvalue weighted by Gasteiger charge is 2.28. The van der Waals surface area contributed by atoms with Crippen molar-refractivity contribution in [1.29, 1.82) is 0 Å². The second kappa shape index (κ2) is 4.63. The molecule has 8 heteroatoms. The smallest absolute Gasteiger partial charge is 0.297 e. The minimum Gasteiger partial charge on any atom is -0.371 e. The van der Waals surface area contributed by atoms with Crippen LogP contribution < -0.4 is 0 Å². The summed E-state index contributed by atoms with van der Waals surface area (Å²) in [6.07, 6.45) is -0.196. The molecule has 0 spiro atoms. The zero-order valence-electron chi connectivity index (χ0n) is 9.53. The summed E-state index contributed by atoms with van der Waals surface area (Å²) in [5.74, 6) is 0. The lowest BCUT2D eigenvalue weighted by Gasteiger charge is -2.07. The maximum Gasteiger partial charge on any atom is 0.297 e. The van der Waals surface area contributed by atoms with E-state index in [0.717, 1.165) is 0 Å². The molecule has 1 aromatic carbocycles. The van der Waals surface area contributed by atoms with Crippen LogP contribution >= 0.6 is 0 Å². The molecule has 1 aliphatic rings. The van der Waals surface area contributed by atoms with Crippen LogP contribution in [0.2, 0.25) is 0 Å². The summed E-state index contributed by atoms with van der Waals surface area (Å²) in [6.45, 7) is 1.79. The maximum absolute atomic E-state index is 11.9. The van der Waals surface area contributed by atoms with Crippen LogP contribution in [0.3, 0.4) is 0 Å². The summed E-state index contributed by atoms with van der Waals surface area (Å²) in [4.78, 5) is 9.92. The minimum absolute atomic E-state index is 0.0650. The van der Waals surface area contributed by atoms with E-state index in [0.29, 0.717) is 6.61 Å². The first-order chi connectivity index (χ1) is 8.42. The van der Waals surface area contributed by atoms with Gasteiger partial charge in [0.1, 0.15) is 11.0 Å². The first-order valence-electron chi connectivity index (χ1n) is 5.17. The monoisotopic (exact) mass is 273 g/mol. The summed E-state index contributed by atoms with van der Waals surface area (Å²) in [6, 6.07) is 3.85. The molecule has 1 heterocycles. The molecular weight excluding hydrogens is 262 g/mol. The van der Waals surface area contributed by atoms with Gasteiger partial charge in [0, 0.05) is 11.6 Å². The van der Waals surface area contributed by atoms with Crippen molar-refractivity contribution in [3.8, 4) is 0 Å². The third-order valence-electron chi connectivity index (χ3n) is 2.53. The molecule has 1 atom stereocenters. The highest BCUT2D eigenvalue weighted by atomic mass is 32.2. The van der Waals surface area contributed by atoms with Crippen LogP contribution in [0.1, 0.15) is 5.56 Å². The normalized spacial score (nSPS) is 18.6. The van der Waals surface area contributed by atoms with Gasteiger partial charge in [-0.2, -0.15) is 8.42 Å². The van der Waals surface area contributed by atoms with Gasteiger partial charge in [0.15, 0.2) is 0 Å². The Morgan fingerprint density at radius 2 is 2.22 bits per heavy atom. The third-order valence-corrected chi connectivity index (χ3v) is 3.96. The zero-order chi connectivity index (χ0) is 13.3. The standard InChI is InChI=1S/C10H11NO6S/c1-7-9(11(12)13)3-2-4-10(7)18(14,15)17-6-8-5-16-8/h2-4,8H,5-6H2,1H3. The molecule has 2 rings (SSSR count). The quantitative estimate of drug-likeness (QED) is 0.343. The number of ether oxygens (including phenoxy) is 1. The second-order valence-electron chi connectivity index (χ2n) is 3.85. The van der Waals surface area contributed by atoms with Gasteiger partial charge in [-0.25, -0.2) is 0 Å². The van der Waals surface area contributed by atoms with Gasteiger partial charge in [-0.1, -0.05) is 6.07 Å². The Labute approximate surface area is 104 Å². The number of benzene rings is 1. The molecule has 0 aromatic heterocycles. The fourth-order valence-electron chi connectivity index (χ4n) is 1.46. The molecule has 0 amide bonds. The Morgan fingerprint density at radius 3 is 2.78 bits per heavy atom. The molecule has 18 heavy (non-hydrogen) atoms. The Bertz CT molecular complexity index is 578. The fraction of sp³-hybridized carbons (Fsp3) is 0.400. The molecule has 7 nitrogen and oxygen atoms in total. The predicted octanol–water partition coefficient (Wildman–Crippen LogP) is 1.01. The van der Waals surface area contributed by atoms with E-state index < -0.39 is 15.0 Å². The summed E-state index contributed by atoms with van der Waals surface area (Å²) in [5.41, 5.74) is -0.179. The Morgan fingerprint density at radius 1 is 1.56 bits per heavy atom. The summed E-state index contributed by atoms with van der Waals surface area (Å²) >= 11 is 0. The molecule has 1 aliphatic heterocycles. The predicted molar refractivity (Wildman–Crippen MR) is 60.7 cm³/mol. The lowest BCUT2D eigenvalue weighted by atomic mass is 10.2. The van der Waals surface area contributed by atoms with Crippen LogP contribution in [0.15, 0.2) is 23.1 Å². The van der Waals surface area contributed by atoms with Crippen molar-refractivity contribution in [3.63, 3.8) is 0 Å². The molecule has 0 bridgehead atoms. The topological polar surface area (TPSA) is 99.0 Å². The lowest BCUT2D eigenvalue weighted by Crippen LogP contribution is -2.12. The van der Waals surface area contributed by atoms with Crippen molar-refractivity contribution in [2.45, 2.75) is 17.9 Å². The Hall–Kier alpha value is -1.51. The molecule has 0 radical (unpaired) electrons. The minimum atomic E-state index is -3.99. The van der Waals surface area contributed by atoms with Gasteiger partial charge in [0.2, 0.25) is 0 Å². The largest absolute Gasteiger partial charge is 0.371 e. The van der Waals surface area contributed by atoms with E-state index in [1.165, 1.54) is 25.1 Å². The maximum atomic E-state index is 11.9. The zero-order valence-corrected chi connectivity index (χ0v) is 10.3. The summed E-state index contributed by atoms with van der Waals surface area (Å²) in [7, 11) is -3.99. The molecule has 0 saturated carbocycles. The molecule has 1 saturated heterocycles. The molecule has 0 aliphatic carbocycles. The van der Waals surface area contributed by atoms with Crippen molar-refractivity contribution < 1.29 is 22.3 Å². The number of nitrogens with zero attached hydrogens (tertiary/aromatic N) is 1. The van der Waals surface area contributed by atoms with Crippen LogP contribution in [-0.2, 0) is 19.0 Å². The van der Waals surface area contributed by atoms with Gasteiger partial charge < -0.3 is 4.74 Å². The van der Waals surface area contributed by atoms with E-state index in [1.807, 2.05) is 0 Å². The molecule has 98 valence electrons. The number of hydrogen-bond acceptors (Lipinski definition) is 6. The van der Waals surface area contributed by atoms with Crippen molar-refractivity contribution in [3.05, 3.63) is 33.9 Å².